The van der Waals surface area contributed by atoms with E-state index in [1.807, 2.05) is 13.8 Å². The molecule has 0 aliphatic rings. The van der Waals surface area contributed by atoms with E-state index in [-0.39, 0.29) is 17.4 Å². The van der Waals surface area contributed by atoms with Gasteiger partial charge >= 0.3 is 0 Å². The first kappa shape index (κ1) is 12.3. The van der Waals surface area contributed by atoms with Crippen molar-refractivity contribution in [2.24, 2.45) is 5.92 Å². The minimum absolute atomic E-state index is 0.0270. The van der Waals surface area contributed by atoms with Gasteiger partial charge in [0.15, 0.2) is 5.78 Å². The number of non-ortho nitro benzene ring substituents is 1. The number of rotatable bonds is 4. The van der Waals surface area contributed by atoms with Crippen LogP contribution in [0.1, 0.15) is 30.6 Å². The summed E-state index contributed by atoms with van der Waals surface area (Å²) >= 11 is 0. The molecule has 0 bridgehead atoms. The van der Waals surface area contributed by atoms with E-state index in [2.05, 4.69) is 4.98 Å². The second-order valence-corrected chi connectivity index (χ2v) is 4.68. The minimum atomic E-state index is -0.456. The average molecular weight is 246 g/mol. The molecule has 0 fully saturated rings. The molecule has 5 heteroatoms. The van der Waals surface area contributed by atoms with Crippen LogP contribution in [-0.2, 0) is 0 Å². The van der Waals surface area contributed by atoms with Gasteiger partial charge < -0.3 is 4.98 Å². The molecule has 1 heterocycles. The summed E-state index contributed by atoms with van der Waals surface area (Å²) in [5.41, 5.74) is 1.00. The molecule has 18 heavy (non-hydrogen) atoms. The number of fused-ring (bicyclic) bond motifs is 1. The third-order valence-corrected chi connectivity index (χ3v) is 2.77. The maximum absolute atomic E-state index is 12.1. The molecule has 0 atom stereocenters. The second kappa shape index (κ2) is 4.60. The van der Waals surface area contributed by atoms with Crippen LogP contribution in [0.5, 0.6) is 0 Å². The van der Waals surface area contributed by atoms with Crippen LogP contribution >= 0.6 is 0 Å². The largest absolute Gasteiger partial charge is 0.360 e. The predicted molar refractivity (Wildman–Crippen MR) is 68.7 cm³/mol. The number of nitrogens with one attached hydrogen (secondary N) is 1. The van der Waals surface area contributed by atoms with Gasteiger partial charge in [0.05, 0.1) is 15.8 Å². The molecule has 2 aromatic rings. The van der Waals surface area contributed by atoms with Crippen molar-refractivity contribution in [3.05, 3.63) is 40.1 Å². The molecule has 0 amide bonds. The summed E-state index contributed by atoms with van der Waals surface area (Å²) in [4.78, 5) is 25.5. The van der Waals surface area contributed by atoms with Crippen molar-refractivity contribution in [1.82, 2.24) is 4.98 Å². The van der Waals surface area contributed by atoms with Gasteiger partial charge in [-0.3, -0.25) is 14.9 Å². The summed E-state index contributed by atoms with van der Waals surface area (Å²) in [6.45, 7) is 3.89. The number of hydrogen-bond acceptors (Lipinski definition) is 3. The van der Waals surface area contributed by atoms with E-state index in [1.54, 1.807) is 18.3 Å². The van der Waals surface area contributed by atoms with Crippen LogP contribution in [0.25, 0.3) is 10.9 Å². The van der Waals surface area contributed by atoms with Gasteiger partial charge in [0.25, 0.3) is 5.69 Å². The van der Waals surface area contributed by atoms with Gasteiger partial charge in [-0.15, -0.1) is 0 Å². The van der Waals surface area contributed by atoms with Gasteiger partial charge in [-0.1, -0.05) is 19.9 Å². The van der Waals surface area contributed by atoms with Gasteiger partial charge in [0, 0.05) is 24.2 Å². The molecule has 1 aromatic carbocycles. The van der Waals surface area contributed by atoms with E-state index in [0.717, 1.165) is 0 Å². The number of aromatic amines is 1. The smallest absolute Gasteiger partial charge is 0.279 e. The molecular formula is C13H14N2O3. The van der Waals surface area contributed by atoms with Crippen LogP contribution in [0.3, 0.4) is 0 Å². The Morgan fingerprint density at radius 2 is 2.17 bits per heavy atom. The fourth-order valence-corrected chi connectivity index (χ4v) is 2.02. The third kappa shape index (κ3) is 2.11. The summed E-state index contributed by atoms with van der Waals surface area (Å²) in [5.74, 6) is 0.163. The lowest BCUT2D eigenvalue weighted by Gasteiger charge is -2.02. The van der Waals surface area contributed by atoms with E-state index in [0.29, 0.717) is 22.9 Å². The molecule has 0 spiro atoms. The number of nitro groups is 1. The van der Waals surface area contributed by atoms with E-state index in [1.165, 1.54) is 6.07 Å². The van der Waals surface area contributed by atoms with Crippen molar-refractivity contribution < 1.29 is 9.72 Å². The maximum atomic E-state index is 12.1. The fourth-order valence-electron chi connectivity index (χ4n) is 2.02. The molecule has 0 aliphatic carbocycles. The second-order valence-electron chi connectivity index (χ2n) is 4.68. The summed E-state index contributed by atoms with van der Waals surface area (Å²) in [7, 11) is 0. The van der Waals surface area contributed by atoms with Crippen molar-refractivity contribution in [3.8, 4) is 0 Å². The van der Waals surface area contributed by atoms with E-state index in [4.69, 9.17) is 0 Å². The SMILES string of the molecule is CC(C)CC(=O)c1c[nH]c2cccc([N+](=O)[O-])c12. The van der Waals surface area contributed by atoms with Crippen molar-refractivity contribution in [2.45, 2.75) is 20.3 Å². The highest BCUT2D eigenvalue weighted by molar-refractivity contribution is 6.10. The summed E-state index contributed by atoms with van der Waals surface area (Å²) in [6.07, 6.45) is 1.95. The first-order chi connectivity index (χ1) is 8.50. The van der Waals surface area contributed by atoms with Crippen LogP contribution in [0, 0.1) is 16.0 Å². The quantitative estimate of drug-likeness (QED) is 0.510. The van der Waals surface area contributed by atoms with Crippen molar-refractivity contribution >= 4 is 22.4 Å². The summed E-state index contributed by atoms with van der Waals surface area (Å²) in [6, 6.07) is 4.75. The van der Waals surface area contributed by atoms with E-state index >= 15 is 0 Å². The van der Waals surface area contributed by atoms with Gasteiger partial charge in [-0.05, 0) is 12.0 Å². The molecule has 0 saturated carbocycles. The Balaban J connectivity index is 2.58. The number of carbonyl (C=O) groups is 1. The molecule has 1 aromatic heterocycles. The van der Waals surface area contributed by atoms with Crippen molar-refractivity contribution in [3.63, 3.8) is 0 Å². The monoisotopic (exact) mass is 246 g/mol. The number of benzene rings is 1. The van der Waals surface area contributed by atoms with Crippen molar-refractivity contribution in [1.29, 1.82) is 0 Å². The highest BCUT2D eigenvalue weighted by Gasteiger charge is 2.21. The zero-order chi connectivity index (χ0) is 13.3. The van der Waals surface area contributed by atoms with Crippen LogP contribution in [0.15, 0.2) is 24.4 Å². The molecule has 0 unspecified atom stereocenters. The van der Waals surface area contributed by atoms with Gasteiger partial charge in [0.2, 0.25) is 0 Å². The first-order valence-electron chi connectivity index (χ1n) is 5.78. The minimum Gasteiger partial charge on any atom is -0.360 e. The Morgan fingerprint density at radius 3 is 2.78 bits per heavy atom. The highest BCUT2D eigenvalue weighted by Crippen LogP contribution is 2.29. The Hall–Kier alpha value is -2.17. The lowest BCUT2D eigenvalue weighted by Crippen LogP contribution is -2.03. The number of aromatic nitrogens is 1. The Labute approximate surface area is 104 Å². The van der Waals surface area contributed by atoms with E-state index < -0.39 is 4.92 Å². The molecule has 5 nitrogen and oxygen atoms in total. The summed E-state index contributed by atoms with van der Waals surface area (Å²) in [5, 5.41) is 11.4. The number of H-pyrrole nitrogens is 1. The fraction of sp³-hybridized carbons (Fsp3) is 0.308. The molecule has 0 radical (unpaired) electrons. The van der Waals surface area contributed by atoms with Gasteiger partial charge in [0.1, 0.15) is 0 Å². The number of ketones is 1. The predicted octanol–water partition coefficient (Wildman–Crippen LogP) is 3.30. The molecule has 2 rings (SSSR count). The Kier molecular flexibility index (Phi) is 3.14. The first-order valence-corrected chi connectivity index (χ1v) is 5.78. The number of Topliss-reactive ketones (excluding diaryl/α,β-unsaturated/α-hetero) is 1. The Morgan fingerprint density at radius 1 is 1.44 bits per heavy atom. The van der Waals surface area contributed by atoms with Gasteiger partial charge in [-0.2, -0.15) is 0 Å². The van der Waals surface area contributed by atoms with Crippen LogP contribution in [0.4, 0.5) is 5.69 Å². The topological polar surface area (TPSA) is 76.0 Å². The Bertz CT molecular complexity index is 614. The maximum Gasteiger partial charge on any atom is 0.279 e. The summed E-state index contributed by atoms with van der Waals surface area (Å²) < 4.78 is 0. The zero-order valence-electron chi connectivity index (χ0n) is 10.3. The third-order valence-electron chi connectivity index (χ3n) is 2.77. The number of nitro benzene ring substituents is 1. The molecule has 0 aliphatic heterocycles. The molecule has 0 saturated heterocycles. The zero-order valence-corrected chi connectivity index (χ0v) is 10.3. The average Bonchev–Trinajstić information content (AvgIpc) is 2.70. The van der Waals surface area contributed by atoms with Crippen LogP contribution in [-0.4, -0.2) is 15.7 Å². The van der Waals surface area contributed by atoms with Gasteiger partial charge in [-0.25, -0.2) is 0 Å². The lowest BCUT2D eigenvalue weighted by molar-refractivity contribution is -0.383. The lowest BCUT2D eigenvalue weighted by atomic mass is 10.00. The van der Waals surface area contributed by atoms with Crippen molar-refractivity contribution in [2.75, 3.05) is 0 Å². The van der Waals surface area contributed by atoms with Crippen LogP contribution in [0.2, 0.25) is 0 Å². The van der Waals surface area contributed by atoms with Crippen LogP contribution < -0.4 is 0 Å². The molecule has 94 valence electrons. The number of carbonyl (C=O) groups excluding carboxylic acids is 1. The number of hydrogen-bond donors (Lipinski definition) is 1. The highest BCUT2D eigenvalue weighted by atomic mass is 16.6. The molecular weight excluding hydrogens is 232 g/mol. The number of nitrogens with zero attached hydrogens (tertiary/aromatic N) is 1. The molecule has 1 N–H and O–H groups in total. The standard InChI is InChI=1S/C13H14N2O3/c1-8(2)6-12(16)9-7-14-10-4-3-5-11(13(9)10)15(17)18/h3-5,7-8,14H,6H2,1-2H3. The normalized spacial score (nSPS) is 11.1. The van der Waals surface area contributed by atoms with E-state index in [9.17, 15) is 14.9 Å².